The van der Waals surface area contributed by atoms with Crippen LogP contribution in [0.3, 0.4) is 0 Å². The van der Waals surface area contributed by atoms with Crippen molar-refractivity contribution in [1.82, 2.24) is 10.6 Å². The molecule has 1 aliphatic heterocycles. The lowest BCUT2D eigenvalue weighted by molar-refractivity contribution is -0.122. The van der Waals surface area contributed by atoms with E-state index < -0.39 is 0 Å². The van der Waals surface area contributed by atoms with Gasteiger partial charge < -0.3 is 15.4 Å². The van der Waals surface area contributed by atoms with Gasteiger partial charge in [-0.1, -0.05) is 29.3 Å². The topological polar surface area (TPSA) is 50.4 Å². The molecule has 1 heterocycles. The van der Waals surface area contributed by atoms with Gasteiger partial charge in [-0.05, 0) is 32.0 Å². The van der Waals surface area contributed by atoms with Crippen LogP contribution in [0.2, 0.25) is 0 Å². The lowest BCUT2D eigenvalue weighted by atomic mass is 10.1. The first kappa shape index (κ1) is 13.6. The minimum atomic E-state index is -0.0833. The van der Waals surface area contributed by atoms with Gasteiger partial charge in [0.25, 0.3) is 5.91 Å². The van der Waals surface area contributed by atoms with E-state index in [2.05, 4.69) is 16.7 Å². The number of amides is 1. The van der Waals surface area contributed by atoms with Crippen LogP contribution in [0, 0.1) is 6.92 Å². The van der Waals surface area contributed by atoms with Gasteiger partial charge in [0.05, 0.1) is 0 Å². The molecule has 1 aromatic carbocycles. The highest BCUT2D eigenvalue weighted by Gasteiger charge is 2.06. The second-order valence-corrected chi connectivity index (χ2v) is 4.69. The molecule has 0 radical (unpaired) electrons. The Bertz CT molecular complexity index is 452. The van der Waals surface area contributed by atoms with Crippen LogP contribution in [-0.2, 0) is 4.79 Å². The largest absolute Gasteiger partial charge is 0.484 e. The van der Waals surface area contributed by atoms with Gasteiger partial charge in [0, 0.05) is 13.1 Å². The van der Waals surface area contributed by atoms with E-state index in [1.165, 1.54) is 11.1 Å². The Kier molecular flexibility index (Phi) is 4.98. The summed E-state index contributed by atoms with van der Waals surface area (Å²) in [5.41, 5.74) is 2.46. The SMILES string of the molecule is Cc1ccc(OCC(=O)NCC2=CCNCC2)cc1. The lowest BCUT2D eigenvalue weighted by Gasteiger charge is -2.14. The van der Waals surface area contributed by atoms with Crippen molar-refractivity contribution in [3.05, 3.63) is 41.5 Å². The predicted octanol–water partition coefficient (Wildman–Crippen LogP) is 1.41. The third-order valence-electron chi connectivity index (χ3n) is 3.06. The Balaban J connectivity index is 1.69. The summed E-state index contributed by atoms with van der Waals surface area (Å²) in [5, 5.41) is 6.11. The summed E-state index contributed by atoms with van der Waals surface area (Å²) in [5.74, 6) is 0.641. The molecule has 1 aromatic rings. The van der Waals surface area contributed by atoms with Gasteiger partial charge in [0.1, 0.15) is 5.75 Å². The van der Waals surface area contributed by atoms with E-state index in [0.29, 0.717) is 6.54 Å². The summed E-state index contributed by atoms with van der Waals surface area (Å²) in [6.07, 6.45) is 3.13. The number of carbonyl (C=O) groups is 1. The van der Waals surface area contributed by atoms with Gasteiger partial charge >= 0.3 is 0 Å². The van der Waals surface area contributed by atoms with Crippen molar-refractivity contribution in [2.45, 2.75) is 13.3 Å². The summed E-state index contributed by atoms with van der Waals surface area (Å²) in [4.78, 5) is 11.6. The highest BCUT2D eigenvalue weighted by molar-refractivity contribution is 5.77. The summed E-state index contributed by atoms with van der Waals surface area (Å²) >= 11 is 0. The van der Waals surface area contributed by atoms with Crippen LogP contribution in [0.1, 0.15) is 12.0 Å². The second kappa shape index (κ2) is 6.95. The van der Waals surface area contributed by atoms with Gasteiger partial charge in [0.2, 0.25) is 0 Å². The van der Waals surface area contributed by atoms with E-state index in [4.69, 9.17) is 4.74 Å². The van der Waals surface area contributed by atoms with Crippen molar-refractivity contribution in [3.63, 3.8) is 0 Å². The molecule has 0 atom stereocenters. The van der Waals surface area contributed by atoms with Crippen LogP contribution in [-0.4, -0.2) is 32.1 Å². The fraction of sp³-hybridized carbons (Fsp3) is 0.400. The monoisotopic (exact) mass is 260 g/mol. The van der Waals surface area contributed by atoms with Gasteiger partial charge in [0.15, 0.2) is 6.61 Å². The van der Waals surface area contributed by atoms with Crippen molar-refractivity contribution in [3.8, 4) is 5.75 Å². The molecule has 0 unspecified atom stereocenters. The van der Waals surface area contributed by atoms with Crippen molar-refractivity contribution >= 4 is 5.91 Å². The van der Waals surface area contributed by atoms with Crippen LogP contribution in [0.25, 0.3) is 0 Å². The zero-order chi connectivity index (χ0) is 13.5. The third kappa shape index (κ3) is 4.75. The molecule has 19 heavy (non-hydrogen) atoms. The van der Waals surface area contributed by atoms with E-state index in [0.717, 1.165) is 25.3 Å². The maximum absolute atomic E-state index is 11.6. The van der Waals surface area contributed by atoms with Gasteiger partial charge in [-0.25, -0.2) is 0 Å². The first-order chi connectivity index (χ1) is 9.24. The van der Waals surface area contributed by atoms with Crippen molar-refractivity contribution in [1.29, 1.82) is 0 Å². The van der Waals surface area contributed by atoms with Crippen molar-refractivity contribution < 1.29 is 9.53 Å². The van der Waals surface area contributed by atoms with Crippen LogP contribution >= 0.6 is 0 Å². The number of ether oxygens (including phenoxy) is 1. The smallest absolute Gasteiger partial charge is 0.258 e. The van der Waals surface area contributed by atoms with E-state index in [1.54, 1.807) is 0 Å². The molecule has 102 valence electrons. The number of aryl methyl sites for hydroxylation is 1. The van der Waals surface area contributed by atoms with E-state index in [1.807, 2.05) is 31.2 Å². The zero-order valence-electron chi connectivity index (χ0n) is 11.2. The normalized spacial score (nSPS) is 14.7. The average Bonchev–Trinajstić information content (AvgIpc) is 2.45. The van der Waals surface area contributed by atoms with Crippen molar-refractivity contribution in [2.75, 3.05) is 26.2 Å². The van der Waals surface area contributed by atoms with Crippen molar-refractivity contribution in [2.24, 2.45) is 0 Å². The van der Waals surface area contributed by atoms with Crippen LogP contribution in [0.15, 0.2) is 35.9 Å². The molecule has 0 spiro atoms. The summed E-state index contributed by atoms with van der Waals surface area (Å²) in [6.45, 7) is 4.59. The molecule has 1 amide bonds. The number of carbonyl (C=O) groups excluding carboxylic acids is 1. The molecule has 0 saturated heterocycles. The Morgan fingerprint density at radius 1 is 1.37 bits per heavy atom. The quantitative estimate of drug-likeness (QED) is 0.787. The predicted molar refractivity (Wildman–Crippen MR) is 75.3 cm³/mol. The third-order valence-corrected chi connectivity index (χ3v) is 3.06. The first-order valence-electron chi connectivity index (χ1n) is 6.59. The fourth-order valence-corrected chi connectivity index (χ4v) is 1.88. The fourth-order valence-electron chi connectivity index (χ4n) is 1.88. The number of benzene rings is 1. The molecule has 2 rings (SSSR count). The number of hydrogen-bond donors (Lipinski definition) is 2. The number of nitrogens with one attached hydrogen (secondary N) is 2. The number of hydrogen-bond acceptors (Lipinski definition) is 3. The van der Waals surface area contributed by atoms with E-state index >= 15 is 0 Å². The second-order valence-electron chi connectivity index (χ2n) is 4.69. The van der Waals surface area contributed by atoms with Gasteiger partial charge in [-0.15, -0.1) is 0 Å². The molecule has 0 aliphatic carbocycles. The highest BCUT2D eigenvalue weighted by Crippen LogP contribution is 2.11. The standard InChI is InChI=1S/C15H20N2O2/c1-12-2-4-14(5-3-12)19-11-15(18)17-10-13-6-8-16-9-7-13/h2-6,16H,7-11H2,1H3,(H,17,18). The molecular weight excluding hydrogens is 240 g/mol. The van der Waals surface area contributed by atoms with E-state index in [-0.39, 0.29) is 12.5 Å². The van der Waals surface area contributed by atoms with Gasteiger partial charge in [-0.2, -0.15) is 0 Å². The van der Waals surface area contributed by atoms with Crippen LogP contribution in [0.5, 0.6) is 5.75 Å². The van der Waals surface area contributed by atoms with Crippen LogP contribution in [0.4, 0.5) is 0 Å². The lowest BCUT2D eigenvalue weighted by Crippen LogP contribution is -2.32. The molecule has 0 bridgehead atoms. The van der Waals surface area contributed by atoms with Gasteiger partial charge in [-0.3, -0.25) is 4.79 Å². The maximum atomic E-state index is 11.6. The minimum Gasteiger partial charge on any atom is -0.484 e. The minimum absolute atomic E-state index is 0.0641. The Morgan fingerprint density at radius 2 is 2.16 bits per heavy atom. The summed E-state index contributed by atoms with van der Waals surface area (Å²) < 4.78 is 5.42. The highest BCUT2D eigenvalue weighted by atomic mass is 16.5. The number of rotatable bonds is 5. The van der Waals surface area contributed by atoms with Crippen LogP contribution < -0.4 is 15.4 Å². The Labute approximate surface area is 113 Å². The molecule has 1 aliphatic rings. The maximum Gasteiger partial charge on any atom is 0.258 e. The Hall–Kier alpha value is -1.81. The average molecular weight is 260 g/mol. The zero-order valence-corrected chi connectivity index (χ0v) is 11.2. The first-order valence-corrected chi connectivity index (χ1v) is 6.59. The molecule has 4 nitrogen and oxygen atoms in total. The molecule has 0 aromatic heterocycles. The molecule has 0 saturated carbocycles. The Morgan fingerprint density at radius 3 is 2.84 bits per heavy atom. The molecule has 2 N–H and O–H groups in total. The molecule has 0 fully saturated rings. The molecule has 4 heteroatoms. The summed E-state index contributed by atoms with van der Waals surface area (Å²) in [7, 11) is 0. The van der Waals surface area contributed by atoms with E-state index in [9.17, 15) is 4.79 Å². The molecular formula is C15H20N2O2. The summed E-state index contributed by atoms with van der Waals surface area (Å²) in [6, 6.07) is 7.68.